The Hall–Kier alpha value is -1.30. The molecule has 114 valence electrons. The molecule has 2 rings (SSSR count). The van der Waals surface area contributed by atoms with Crippen LogP contribution in [0.25, 0.3) is 0 Å². The van der Waals surface area contributed by atoms with E-state index in [1.165, 1.54) is 4.90 Å². The van der Waals surface area contributed by atoms with Crippen molar-refractivity contribution in [3.8, 4) is 0 Å². The highest BCUT2D eigenvalue weighted by atomic mass is 16.5. The van der Waals surface area contributed by atoms with E-state index in [0.29, 0.717) is 31.4 Å². The summed E-state index contributed by atoms with van der Waals surface area (Å²) in [6.45, 7) is 5.91. The monoisotopic (exact) mass is 284 g/mol. The molecule has 0 saturated carbocycles. The summed E-state index contributed by atoms with van der Waals surface area (Å²) in [6, 6.07) is -0.951. The van der Waals surface area contributed by atoms with Crippen molar-refractivity contribution in [1.29, 1.82) is 0 Å². The van der Waals surface area contributed by atoms with Crippen LogP contribution >= 0.6 is 0 Å². The van der Waals surface area contributed by atoms with E-state index in [9.17, 15) is 14.7 Å². The van der Waals surface area contributed by atoms with Crippen LogP contribution in [0.5, 0.6) is 0 Å². The minimum Gasteiger partial charge on any atom is -0.480 e. The molecule has 6 heteroatoms. The van der Waals surface area contributed by atoms with Gasteiger partial charge in [0.25, 0.3) is 0 Å². The van der Waals surface area contributed by atoms with Gasteiger partial charge in [0.1, 0.15) is 6.04 Å². The standard InChI is InChI=1S/C14H24N2O4/c1-9-3-5-16(12(7-9)13(17)18)14(19)15-10(2)11-4-6-20-8-11/h9-12H,3-8H2,1-2H3,(H,15,19)(H,17,18). The van der Waals surface area contributed by atoms with Gasteiger partial charge in [0.2, 0.25) is 0 Å². The Bertz CT molecular complexity index is 368. The molecular weight excluding hydrogens is 260 g/mol. The van der Waals surface area contributed by atoms with Crippen molar-refractivity contribution < 1.29 is 19.4 Å². The molecule has 2 fully saturated rings. The van der Waals surface area contributed by atoms with E-state index in [1.54, 1.807) is 0 Å². The topological polar surface area (TPSA) is 78.9 Å². The molecule has 0 aliphatic carbocycles. The van der Waals surface area contributed by atoms with Crippen molar-refractivity contribution >= 4 is 12.0 Å². The maximum Gasteiger partial charge on any atom is 0.326 e. The summed E-state index contributed by atoms with van der Waals surface area (Å²) >= 11 is 0. The van der Waals surface area contributed by atoms with E-state index < -0.39 is 12.0 Å². The maximum atomic E-state index is 12.3. The second kappa shape index (κ2) is 6.43. The number of ether oxygens (including phenoxy) is 1. The molecule has 0 bridgehead atoms. The molecule has 0 aromatic rings. The Morgan fingerprint density at radius 3 is 2.75 bits per heavy atom. The molecule has 2 saturated heterocycles. The third-order valence-electron chi connectivity index (χ3n) is 4.43. The normalized spacial score (nSPS) is 31.9. The van der Waals surface area contributed by atoms with Crippen LogP contribution in [0.15, 0.2) is 0 Å². The second-order valence-corrected chi connectivity index (χ2v) is 6.04. The Morgan fingerprint density at radius 1 is 1.40 bits per heavy atom. The van der Waals surface area contributed by atoms with Crippen molar-refractivity contribution in [3.05, 3.63) is 0 Å². The van der Waals surface area contributed by atoms with Crippen molar-refractivity contribution in [3.63, 3.8) is 0 Å². The smallest absolute Gasteiger partial charge is 0.326 e. The Morgan fingerprint density at radius 2 is 2.15 bits per heavy atom. The molecule has 20 heavy (non-hydrogen) atoms. The predicted octanol–water partition coefficient (Wildman–Crippen LogP) is 1.31. The van der Waals surface area contributed by atoms with Crippen LogP contribution in [0.2, 0.25) is 0 Å². The van der Waals surface area contributed by atoms with Gasteiger partial charge in [0.05, 0.1) is 6.61 Å². The molecule has 0 aromatic heterocycles. The van der Waals surface area contributed by atoms with Crippen LogP contribution < -0.4 is 5.32 Å². The highest BCUT2D eigenvalue weighted by Crippen LogP contribution is 2.23. The molecule has 2 aliphatic heterocycles. The number of rotatable bonds is 3. The van der Waals surface area contributed by atoms with Crippen LogP contribution in [-0.2, 0) is 9.53 Å². The summed E-state index contributed by atoms with van der Waals surface area (Å²) in [4.78, 5) is 25.1. The summed E-state index contributed by atoms with van der Waals surface area (Å²) in [7, 11) is 0. The second-order valence-electron chi connectivity index (χ2n) is 6.04. The third-order valence-corrected chi connectivity index (χ3v) is 4.43. The van der Waals surface area contributed by atoms with Crippen LogP contribution in [0.1, 0.15) is 33.1 Å². The fourth-order valence-electron chi connectivity index (χ4n) is 2.96. The Labute approximate surface area is 119 Å². The first-order valence-corrected chi connectivity index (χ1v) is 7.36. The molecule has 4 unspecified atom stereocenters. The SMILES string of the molecule is CC1CCN(C(=O)NC(C)C2CCOC2)C(C(=O)O)C1. The summed E-state index contributed by atoms with van der Waals surface area (Å²) in [5, 5.41) is 12.2. The molecule has 2 N–H and O–H groups in total. The van der Waals surface area contributed by atoms with Crippen LogP contribution in [0.3, 0.4) is 0 Å². The Kier molecular flexibility index (Phi) is 4.86. The van der Waals surface area contributed by atoms with Gasteiger partial charge < -0.3 is 20.1 Å². The van der Waals surface area contributed by atoms with Gasteiger partial charge in [-0.15, -0.1) is 0 Å². The van der Waals surface area contributed by atoms with Crippen LogP contribution in [0, 0.1) is 11.8 Å². The quantitative estimate of drug-likeness (QED) is 0.819. The van der Waals surface area contributed by atoms with Gasteiger partial charge in [-0.1, -0.05) is 6.92 Å². The number of carboxylic acid groups (broad SMARTS) is 1. The van der Waals surface area contributed by atoms with E-state index in [0.717, 1.165) is 19.4 Å². The highest BCUT2D eigenvalue weighted by Gasteiger charge is 2.35. The first kappa shape index (κ1) is 15.1. The molecule has 0 aromatic carbocycles. The Balaban J connectivity index is 1.94. The van der Waals surface area contributed by atoms with Gasteiger partial charge in [-0.2, -0.15) is 0 Å². The number of carboxylic acids is 1. The van der Waals surface area contributed by atoms with Gasteiger partial charge in [-0.25, -0.2) is 9.59 Å². The number of amides is 2. The molecule has 0 radical (unpaired) electrons. The molecule has 2 amide bonds. The zero-order valence-electron chi connectivity index (χ0n) is 12.2. The zero-order chi connectivity index (χ0) is 14.7. The van der Waals surface area contributed by atoms with E-state index in [4.69, 9.17) is 4.74 Å². The fraction of sp³-hybridized carbons (Fsp3) is 0.857. The summed E-state index contributed by atoms with van der Waals surface area (Å²) < 4.78 is 5.32. The average Bonchev–Trinajstić information content (AvgIpc) is 2.92. The van der Waals surface area contributed by atoms with Crippen molar-refractivity contribution in [2.75, 3.05) is 19.8 Å². The van der Waals surface area contributed by atoms with Gasteiger partial charge in [-0.3, -0.25) is 0 Å². The van der Waals surface area contributed by atoms with Gasteiger partial charge >= 0.3 is 12.0 Å². The molecule has 0 spiro atoms. The van der Waals surface area contributed by atoms with Crippen molar-refractivity contribution in [1.82, 2.24) is 10.2 Å². The number of aliphatic carboxylic acids is 1. The van der Waals surface area contributed by atoms with Gasteiger partial charge in [0, 0.05) is 25.1 Å². The summed E-state index contributed by atoms with van der Waals surface area (Å²) in [5.74, 6) is -0.240. The highest BCUT2D eigenvalue weighted by molar-refractivity contribution is 5.83. The number of carbonyl (C=O) groups excluding carboxylic acids is 1. The number of carbonyl (C=O) groups is 2. The first-order chi connectivity index (χ1) is 9.49. The number of urea groups is 1. The van der Waals surface area contributed by atoms with Gasteiger partial charge in [0.15, 0.2) is 0 Å². The van der Waals surface area contributed by atoms with E-state index in [2.05, 4.69) is 5.32 Å². The van der Waals surface area contributed by atoms with Crippen molar-refractivity contribution in [2.24, 2.45) is 11.8 Å². The zero-order valence-corrected chi connectivity index (χ0v) is 12.2. The predicted molar refractivity (Wildman–Crippen MR) is 73.4 cm³/mol. The van der Waals surface area contributed by atoms with Gasteiger partial charge in [-0.05, 0) is 32.1 Å². The minimum atomic E-state index is -0.913. The number of hydrogen-bond donors (Lipinski definition) is 2. The van der Waals surface area contributed by atoms with E-state index in [1.807, 2.05) is 13.8 Å². The maximum absolute atomic E-state index is 12.3. The summed E-state index contributed by atoms with van der Waals surface area (Å²) in [6.07, 6.45) is 2.34. The lowest BCUT2D eigenvalue weighted by atomic mass is 9.92. The number of nitrogens with zero attached hydrogens (tertiary/aromatic N) is 1. The number of hydrogen-bond acceptors (Lipinski definition) is 3. The van der Waals surface area contributed by atoms with E-state index >= 15 is 0 Å². The molecule has 2 aliphatic rings. The van der Waals surface area contributed by atoms with Crippen LogP contribution in [0.4, 0.5) is 4.79 Å². The minimum absolute atomic E-state index is 0.0128. The summed E-state index contributed by atoms with van der Waals surface area (Å²) in [5.41, 5.74) is 0. The molecule has 4 atom stereocenters. The number of piperidine rings is 1. The largest absolute Gasteiger partial charge is 0.480 e. The van der Waals surface area contributed by atoms with Crippen molar-refractivity contribution in [2.45, 2.75) is 45.2 Å². The van der Waals surface area contributed by atoms with Crippen LogP contribution in [-0.4, -0.2) is 53.8 Å². The average molecular weight is 284 g/mol. The molecule has 6 nitrogen and oxygen atoms in total. The lowest BCUT2D eigenvalue weighted by molar-refractivity contribution is -0.143. The number of nitrogens with one attached hydrogen (secondary N) is 1. The third kappa shape index (κ3) is 3.42. The lowest BCUT2D eigenvalue weighted by Gasteiger charge is -2.37. The molecule has 2 heterocycles. The fourth-order valence-corrected chi connectivity index (χ4v) is 2.96. The lowest BCUT2D eigenvalue weighted by Crippen LogP contribution is -2.55. The molecular formula is C14H24N2O4. The number of likely N-dealkylation sites (tertiary alicyclic amines) is 1. The van der Waals surface area contributed by atoms with E-state index in [-0.39, 0.29) is 12.1 Å². The first-order valence-electron chi connectivity index (χ1n) is 7.36.